The van der Waals surface area contributed by atoms with E-state index in [0.29, 0.717) is 0 Å². The van der Waals surface area contributed by atoms with Crippen molar-refractivity contribution in [2.75, 3.05) is 17.7 Å². The second kappa shape index (κ2) is 5.08. The van der Waals surface area contributed by atoms with Gasteiger partial charge in [-0.25, -0.2) is 0 Å². The van der Waals surface area contributed by atoms with Gasteiger partial charge in [0.25, 0.3) is 0 Å². The molecule has 0 saturated heterocycles. The third-order valence-electron chi connectivity index (χ3n) is 2.99. The maximum Gasteiger partial charge on any atom is 0.308 e. The van der Waals surface area contributed by atoms with Crippen LogP contribution in [0.5, 0.6) is 0 Å². The van der Waals surface area contributed by atoms with Gasteiger partial charge >= 0.3 is 5.97 Å². The molecule has 0 saturated carbocycles. The molecule has 1 aliphatic rings. The zero-order valence-corrected chi connectivity index (χ0v) is 10.4. The van der Waals surface area contributed by atoms with Crippen LogP contribution < -0.4 is 10.6 Å². The monoisotopic (exact) mass is 248 g/mol. The molecule has 1 amide bonds. The smallest absolute Gasteiger partial charge is 0.308 e. The van der Waals surface area contributed by atoms with Crippen LogP contribution in [0.2, 0.25) is 0 Å². The lowest BCUT2D eigenvalue weighted by atomic mass is 10.1. The van der Waals surface area contributed by atoms with Crippen molar-refractivity contribution in [3.8, 4) is 0 Å². The summed E-state index contributed by atoms with van der Waals surface area (Å²) in [7, 11) is 1.31. The number of nitrogens with one attached hydrogen (secondary N) is 2. The van der Waals surface area contributed by atoms with E-state index in [1.54, 1.807) is 0 Å². The fourth-order valence-electron chi connectivity index (χ4n) is 1.91. The number of rotatable bonds is 3. The summed E-state index contributed by atoms with van der Waals surface area (Å²) in [6, 6.07) is 5.26. The van der Waals surface area contributed by atoms with Crippen LogP contribution in [0.1, 0.15) is 18.9 Å². The molecule has 5 heteroatoms. The Labute approximate surface area is 106 Å². The summed E-state index contributed by atoms with van der Waals surface area (Å²) in [5, 5.41) is 5.86. The Hall–Kier alpha value is -2.04. The third kappa shape index (κ3) is 2.45. The molecule has 1 aliphatic heterocycles. The van der Waals surface area contributed by atoms with E-state index in [2.05, 4.69) is 22.3 Å². The first-order chi connectivity index (χ1) is 8.63. The van der Waals surface area contributed by atoms with Crippen molar-refractivity contribution in [2.24, 2.45) is 0 Å². The largest absolute Gasteiger partial charge is 0.469 e. The number of aryl methyl sites for hydroxylation is 1. The van der Waals surface area contributed by atoms with Crippen LogP contribution in [0.15, 0.2) is 18.2 Å². The Morgan fingerprint density at radius 1 is 1.39 bits per heavy atom. The minimum Gasteiger partial charge on any atom is -0.469 e. The second-order valence-corrected chi connectivity index (χ2v) is 4.20. The average molecular weight is 248 g/mol. The lowest BCUT2D eigenvalue weighted by Gasteiger charge is -2.26. The van der Waals surface area contributed by atoms with Crippen LogP contribution in [0, 0.1) is 0 Å². The van der Waals surface area contributed by atoms with Crippen LogP contribution in [0.4, 0.5) is 11.4 Å². The summed E-state index contributed by atoms with van der Waals surface area (Å²) in [6.45, 7) is 2.06. The summed E-state index contributed by atoms with van der Waals surface area (Å²) < 4.78 is 4.58. The first-order valence-electron chi connectivity index (χ1n) is 5.91. The Kier molecular flexibility index (Phi) is 3.50. The lowest BCUT2D eigenvalue weighted by molar-refractivity contribution is -0.142. The highest BCUT2D eigenvalue weighted by molar-refractivity contribution is 6.04. The van der Waals surface area contributed by atoms with E-state index in [9.17, 15) is 9.59 Å². The highest BCUT2D eigenvalue weighted by Gasteiger charge is 2.27. The highest BCUT2D eigenvalue weighted by atomic mass is 16.5. The fraction of sp³-hybridized carbons (Fsp3) is 0.385. The topological polar surface area (TPSA) is 67.4 Å². The third-order valence-corrected chi connectivity index (χ3v) is 2.99. The van der Waals surface area contributed by atoms with Crippen molar-refractivity contribution in [1.82, 2.24) is 0 Å². The van der Waals surface area contributed by atoms with Gasteiger partial charge < -0.3 is 15.4 Å². The van der Waals surface area contributed by atoms with Crippen LogP contribution >= 0.6 is 0 Å². The van der Waals surface area contributed by atoms with Gasteiger partial charge in [0.2, 0.25) is 5.91 Å². The van der Waals surface area contributed by atoms with Crippen LogP contribution in [0.25, 0.3) is 0 Å². The summed E-state index contributed by atoms with van der Waals surface area (Å²) in [4.78, 5) is 23.0. The van der Waals surface area contributed by atoms with Crippen LogP contribution in [-0.4, -0.2) is 25.0 Å². The maximum absolute atomic E-state index is 11.8. The Bertz CT molecular complexity index is 485. The van der Waals surface area contributed by atoms with E-state index in [4.69, 9.17) is 0 Å². The molecule has 0 radical (unpaired) electrons. The Morgan fingerprint density at radius 2 is 2.17 bits per heavy atom. The van der Waals surface area contributed by atoms with Crippen LogP contribution in [0.3, 0.4) is 0 Å². The van der Waals surface area contributed by atoms with E-state index >= 15 is 0 Å². The quantitative estimate of drug-likeness (QED) is 0.796. The molecule has 2 N–H and O–H groups in total. The first kappa shape index (κ1) is 12.4. The molecule has 1 heterocycles. The average Bonchev–Trinajstić information content (AvgIpc) is 2.39. The molecule has 0 fully saturated rings. The van der Waals surface area contributed by atoms with E-state index < -0.39 is 12.0 Å². The predicted molar refractivity (Wildman–Crippen MR) is 68.5 cm³/mol. The number of fused-ring (bicyclic) bond motifs is 1. The van der Waals surface area contributed by atoms with Gasteiger partial charge in [-0.3, -0.25) is 9.59 Å². The molecule has 18 heavy (non-hydrogen) atoms. The summed E-state index contributed by atoms with van der Waals surface area (Å²) in [6.07, 6.45) is 0.947. The number of esters is 1. The molecule has 1 aromatic rings. The standard InChI is InChI=1S/C13H16N2O3/c1-3-8-4-5-9-10(6-8)14-11(13(17)15-9)7-12(16)18-2/h4-6,11,14H,3,7H2,1-2H3,(H,15,17). The SMILES string of the molecule is CCc1ccc2c(c1)NC(CC(=O)OC)C(=O)N2. The number of ether oxygens (including phenoxy) is 1. The first-order valence-corrected chi connectivity index (χ1v) is 5.91. The van der Waals surface area contributed by atoms with Crippen molar-refractivity contribution in [3.63, 3.8) is 0 Å². The summed E-state index contributed by atoms with van der Waals surface area (Å²) in [5.41, 5.74) is 2.77. The Balaban J connectivity index is 2.19. The van der Waals surface area contributed by atoms with Crippen molar-refractivity contribution in [2.45, 2.75) is 25.8 Å². The van der Waals surface area contributed by atoms with Crippen molar-refractivity contribution >= 4 is 23.3 Å². The molecule has 0 bridgehead atoms. The fourth-order valence-corrected chi connectivity index (χ4v) is 1.91. The maximum atomic E-state index is 11.8. The molecule has 96 valence electrons. The highest BCUT2D eigenvalue weighted by Crippen LogP contribution is 2.28. The van der Waals surface area contributed by atoms with Crippen molar-refractivity contribution in [1.29, 1.82) is 0 Å². The molecule has 2 rings (SSSR count). The Morgan fingerprint density at radius 3 is 2.83 bits per heavy atom. The van der Waals surface area contributed by atoms with Crippen molar-refractivity contribution < 1.29 is 14.3 Å². The molecule has 0 spiro atoms. The molecule has 1 atom stereocenters. The van der Waals surface area contributed by atoms with Gasteiger partial charge in [-0.15, -0.1) is 0 Å². The van der Waals surface area contributed by atoms with Gasteiger partial charge in [0.05, 0.1) is 24.9 Å². The lowest BCUT2D eigenvalue weighted by Crippen LogP contribution is -2.40. The number of carbonyl (C=O) groups is 2. The number of benzene rings is 1. The number of hydrogen-bond donors (Lipinski definition) is 2. The van der Waals surface area contributed by atoms with Gasteiger partial charge in [0, 0.05) is 0 Å². The van der Waals surface area contributed by atoms with Gasteiger partial charge in [-0.2, -0.15) is 0 Å². The van der Waals surface area contributed by atoms with E-state index in [1.165, 1.54) is 12.7 Å². The van der Waals surface area contributed by atoms with Gasteiger partial charge in [0.1, 0.15) is 6.04 Å². The molecular formula is C13H16N2O3. The minimum absolute atomic E-state index is 0.0259. The molecule has 1 aromatic carbocycles. The molecule has 0 aliphatic carbocycles. The van der Waals surface area contributed by atoms with Gasteiger partial charge in [-0.05, 0) is 24.1 Å². The summed E-state index contributed by atoms with van der Waals surface area (Å²) >= 11 is 0. The van der Waals surface area contributed by atoms with E-state index in [1.807, 2.05) is 18.2 Å². The number of methoxy groups -OCH3 is 1. The van der Waals surface area contributed by atoms with Gasteiger partial charge in [0.15, 0.2) is 0 Å². The minimum atomic E-state index is -0.572. The second-order valence-electron chi connectivity index (χ2n) is 4.20. The number of hydrogen-bond acceptors (Lipinski definition) is 4. The normalized spacial score (nSPS) is 17.4. The van der Waals surface area contributed by atoms with Gasteiger partial charge in [-0.1, -0.05) is 13.0 Å². The molecule has 0 aromatic heterocycles. The summed E-state index contributed by atoms with van der Waals surface area (Å²) in [5.74, 6) is -0.616. The van der Waals surface area contributed by atoms with E-state index in [0.717, 1.165) is 17.8 Å². The van der Waals surface area contributed by atoms with E-state index in [-0.39, 0.29) is 12.3 Å². The molecule has 1 unspecified atom stereocenters. The number of carbonyl (C=O) groups excluding carboxylic acids is 2. The zero-order valence-electron chi connectivity index (χ0n) is 10.4. The molecule has 5 nitrogen and oxygen atoms in total. The zero-order chi connectivity index (χ0) is 13.1. The van der Waals surface area contributed by atoms with Crippen molar-refractivity contribution in [3.05, 3.63) is 23.8 Å². The molecular weight excluding hydrogens is 232 g/mol. The number of amides is 1. The predicted octanol–water partition coefficient (Wildman–Crippen LogP) is 1.54. The van der Waals surface area contributed by atoms with Crippen LogP contribution in [-0.2, 0) is 20.7 Å². The number of anilines is 2.